The van der Waals surface area contributed by atoms with E-state index in [1.807, 2.05) is 0 Å². The van der Waals surface area contributed by atoms with Crippen molar-refractivity contribution >= 4 is 42.4 Å². The van der Waals surface area contributed by atoms with E-state index in [1.165, 1.54) is 6.07 Å². The molecule has 0 radical (unpaired) electrons. The summed E-state index contributed by atoms with van der Waals surface area (Å²) in [7, 11) is -3.29. The minimum atomic E-state index is -3.29. The van der Waals surface area contributed by atoms with Gasteiger partial charge in [0.05, 0.1) is 16.2 Å². The molecule has 90 valence electrons. The Morgan fingerprint density at radius 2 is 2.12 bits per heavy atom. The van der Waals surface area contributed by atoms with Crippen molar-refractivity contribution in [1.82, 2.24) is 4.98 Å². The number of nitrogens with zero attached hydrogens (tertiary/aromatic N) is 1. The molecule has 0 amide bonds. The molecule has 0 aliphatic heterocycles. The third-order valence-electron chi connectivity index (χ3n) is 2.53. The normalized spacial score (nSPS) is 11.9. The molecule has 0 aliphatic carbocycles. The molecular weight excluding hydrogens is 304 g/mol. The van der Waals surface area contributed by atoms with Crippen molar-refractivity contribution in [2.45, 2.75) is 11.8 Å². The molecule has 1 aromatic carbocycles. The molecule has 0 saturated heterocycles. The fourth-order valence-corrected chi connectivity index (χ4v) is 2.97. The van der Waals surface area contributed by atoms with Gasteiger partial charge in [0.2, 0.25) is 0 Å². The first kappa shape index (κ1) is 12.3. The zero-order valence-corrected chi connectivity index (χ0v) is 11.5. The van der Waals surface area contributed by atoms with Gasteiger partial charge in [0, 0.05) is 21.7 Å². The van der Waals surface area contributed by atoms with E-state index in [0.29, 0.717) is 16.6 Å². The van der Waals surface area contributed by atoms with Crippen molar-refractivity contribution in [2.24, 2.45) is 0 Å². The van der Waals surface area contributed by atoms with Gasteiger partial charge in [-0.1, -0.05) is 6.92 Å². The van der Waals surface area contributed by atoms with Crippen molar-refractivity contribution in [2.75, 3.05) is 11.5 Å². The average Bonchev–Trinajstić information content (AvgIpc) is 2.30. The molecule has 2 N–H and O–H groups in total. The number of hydrogen-bond donors (Lipinski definition) is 1. The highest BCUT2D eigenvalue weighted by atomic mass is 79.9. The second-order valence-corrected chi connectivity index (χ2v) is 6.77. The highest BCUT2D eigenvalue weighted by molar-refractivity contribution is 9.10. The highest BCUT2D eigenvalue weighted by Crippen LogP contribution is 2.28. The van der Waals surface area contributed by atoms with Crippen LogP contribution in [0.1, 0.15) is 6.92 Å². The van der Waals surface area contributed by atoms with Crippen LogP contribution in [-0.2, 0) is 9.84 Å². The van der Waals surface area contributed by atoms with Crippen LogP contribution in [0.4, 0.5) is 5.69 Å². The molecular formula is C11H11BrN2O2S. The van der Waals surface area contributed by atoms with Gasteiger partial charge >= 0.3 is 0 Å². The van der Waals surface area contributed by atoms with E-state index >= 15 is 0 Å². The Kier molecular flexibility index (Phi) is 3.09. The third kappa shape index (κ3) is 2.14. The summed E-state index contributed by atoms with van der Waals surface area (Å²) in [5.74, 6) is 0.0454. The number of nitrogen functional groups attached to an aromatic ring is 1. The van der Waals surface area contributed by atoms with Gasteiger partial charge in [0.15, 0.2) is 9.84 Å². The maximum Gasteiger partial charge on any atom is 0.180 e. The maximum atomic E-state index is 11.9. The van der Waals surface area contributed by atoms with E-state index in [-0.39, 0.29) is 10.6 Å². The molecule has 1 heterocycles. The summed E-state index contributed by atoms with van der Waals surface area (Å²) in [6, 6.07) is 4.88. The van der Waals surface area contributed by atoms with Crippen molar-refractivity contribution in [3.63, 3.8) is 0 Å². The fourth-order valence-electron chi connectivity index (χ4n) is 1.60. The zero-order chi connectivity index (χ0) is 12.6. The minimum Gasteiger partial charge on any atom is -0.398 e. The number of sulfone groups is 1. The number of rotatable bonds is 2. The molecule has 0 atom stereocenters. The number of nitrogens with two attached hydrogens (primary N) is 1. The Hall–Kier alpha value is -1.14. The summed E-state index contributed by atoms with van der Waals surface area (Å²) in [6.45, 7) is 1.61. The topological polar surface area (TPSA) is 73.0 Å². The quantitative estimate of drug-likeness (QED) is 0.864. The molecule has 17 heavy (non-hydrogen) atoms. The Morgan fingerprint density at radius 3 is 2.76 bits per heavy atom. The smallest absolute Gasteiger partial charge is 0.180 e. The van der Waals surface area contributed by atoms with Crippen LogP contribution in [0, 0.1) is 0 Å². The first-order chi connectivity index (χ1) is 7.95. The maximum absolute atomic E-state index is 11.9. The van der Waals surface area contributed by atoms with Crippen LogP contribution < -0.4 is 5.73 Å². The van der Waals surface area contributed by atoms with Crippen LogP contribution in [0.2, 0.25) is 0 Å². The Balaban J connectivity index is 2.89. The molecule has 2 rings (SSSR count). The number of pyridine rings is 1. The van der Waals surface area contributed by atoms with E-state index in [9.17, 15) is 8.42 Å². The summed E-state index contributed by atoms with van der Waals surface area (Å²) in [5.41, 5.74) is 6.77. The van der Waals surface area contributed by atoms with Gasteiger partial charge in [0.1, 0.15) is 0 Å². The van der Waals surface area contributed by atoms with E-state index in [2.05, 4.69) is 20.9 Å². The van der Waals surface area contributed by atoms with E-state index in [1.54, 1.807) is 25.3 Å². The number of anilines is 1. The number of aromatic nitrogens is 1. The van der Waals surface area contributed by atoms with Crippen molar-refractivity contribution in [3.8, 4) is 0 Å². The van der Waals surface area contributed by atoms with Gasteiger partial charge in [-0.05, 0) is 34.1 Å². The lowest BCUT2D eigenvalue weighted by Gasteiger charge is -2.08. The Bertz CT molecular complexity index is 683. The number of hydrogen-bond acceptors (Lipinski definition) is 4. The molecule has 4 nitrogen and oxygen atoms in total. The second kappa shape index (κ2) is 4.27. The minimum absolute atomic E-state index is 0.0454. The van der Waals surface area contributed by atoms with Crippen molar-refractivity contribution < 1.29 is 8.42 Å². The standard InChI is InChI=1S/C11H11BrN2O2S/c1-2-17(15,16)10-4-3-9(13)8-5-7(12)6-14-11(8)10/h3-6H,2,13H2,1H3. The summed E-state index contributed by atoms with van der Waals surface area (Å²) in [4.78, 5) is 4.38. The van der Waals surface area contributed by atoms with Crippen LogP contribution >= 0.6 is 15.9 Å². The van der Waals surface area contributed by atoms with Gasteiger partial charge in [-0.2, -0.15) is 0 Å². The lowest BCUT2D eigenvalue weighted by molar-refractivity contribution is 0.598. The lowest BCUT2D eigenvalue weighted by atomic mass is 10.2. The average molecular weight is 315 g/mol. The van der Waals surface area contributed by atoms with Gasteiger partial charge < -0.3 is 5.73 Å². The summed E-state index contributed by atoms with van der Waals surface area (Å²) >= 11 is 3.29. The van der Waals surface area contributed by atoms with E-state index in [0.717, 1.165) is 4.47 Å². The molecule has 2 aromatic rings. The highest BCUT2D eigenvalue weighted by Gasteiger charge is 2.17. The number of fused-ring (bicyclic) bond motifs is 1. The first-order valence-corrected chi connectivity index (χ1v) is 7.46. The number of halogens is 1. The zero-order valence-electron chi connectivity index (χ0n) is 9.14. The largest absolute Gasteiger partial charge is 0.398 e. The fraction of sp³-hybridized carbons (Fsp3) is 0.182. The Labute approximate surface area is 108 Å². The van der Waals surface area contributed by atoms with Gasteiger partial charge in [0.25, 0.3) is 0 Å². The van der Waals surface area contributed by atoms with E-state index in [4.69, 9.17) is 5.73 Å². The molecule has 0 spiro atoms. The predicted molar refractivity (Wildman–Crippen MR) is 71.6 cm³/mol. The van der Waals surface area contributed by atoms with Gasteiger partial charge in [-0.15, -0.1) is 0 Å². The monoisotopic (exact) mass is 314 g/mol. The van der Waals surface area contributed by atoms with Crippen molar-refractivity contribution in [1.29, 1.82) is 0 Å². The molecule has 0 bridgehead atoms. The van der Waals surface area contributed by atoms with Crippen LogP contribution in [0.5, 0.6) is 0 Å². The van der Waals surface area contributed by atoms with Gasteiger partial charge in [-0.3, -0.25) is 4.98 Å². The predicted octanol–water partition coefficient (Wildman–Crippen LogP) is 2.37. The molecule has 0 aliphatic rings. The SMILES string of the molecule is CCS(=O)(=O)c1ccc(N)c2cc(Br)cnc12. The molecule has 0 fully saturated rings. The van der Waals surface area contributed by atoms with Crippen molar-refractivity contribution in [3.05, 3.63) is 28.9 Å². The Morgan fingerprint density at radius 1 is 1.41 bits per heavy atom. The molecule has 0 unspecified atom stereocenters. The summed E-state index contributed by atoms with van der Waals surface area (Å²) < 4.78 is 24.6. The molecule has 6 heteroatoms. The first-order valence-electron chi connectivity index (χ1n) is 5.02. The van der Waals surface area contributed by atoms with Gasteiger partial charge in [-0.25, -0.2) is 8.42 Å². The number of benzene rings is 1. The van der Waals surface area contributed by atoms with Crippen LogP contribution in [0.3, 0.4) is 0 Å². The molecule has 1 aromatic heterocycles. The summed E-state index contributed by atoms with van der Waals surface area (Å²) in [6.07, 6.45) is 1.57. The second-order valence-electron chi connectivity index (χ2n) is 3.61. The van der Waals surface area contributed by atoms with Crippen LogP contribution in [0.25, 0.3) is 10.9 Å². The summed E-state index contributed by atoms with van der Waals surface area (Å²) in [5, 5.41) is 0.647. The van der Waals surface area contributed by atoms with E-state index < -0.39 is 9.84 Å². The van der Waals surface area contributed by atoms with Crippen LogP contribution in [-0.4, -0.2) is 19.2 Å². The molecule has 0 saturated carbocycles. The lowest BCUT2D eigenvalue weighted by Crippen LogP contribution is -2.06. The van der Waals surface area contributed by atoms with Crippen LogP contribution in [0.15, 0.2) is 33.8 Å². The third-order valence-corrected chi connectivity index (χ3v) is 4.72.